The van der Waals surface area contributed by atoms with E-state index in [0.29, 0.717) is 23.8 Å². The van der Waals surface area contributed by atoms with E-state index in [4.69, 9.17) is 21.6 Å². The molecule has 0 heterocycles. The van der Waals surface area contributed by atoms with Crippen LogP contribution in [0.25, 0.3) is 0 Å². The Morgan fingerprint density at radius 3 is 2.81 bits per heavy atom. The number of benzene rings is 1. The molecule has 4 heteroatoms. The van der Waals surface area contributed by atoms with E-state index in [9.17, 15) is 0 Å². The zero-order chi connectivity index (χ0) is 12.2. The summed E-state index contributed by atoms with van der Waals surface area (Å²) in [6.07, 6.45) is 0.673. The molecule has 1 aromatic carbocycles. The number of hydrogen-bond donors (Lipinski definition) is 0. The monoisotopic (exact) mass is 301 g/mol. The Kier molecular flexibility index (Phi) is 4.64. The third-order valence-electron chi connectivity index (χ3n) is 2.18. The second-order valence-electron chi connectivity index (χ2n) is 4.17. The summed E-state index contributed by atoms with van der Waals surface area (Å²) in [6, 6.07) is 7.68. The van der Waals surface area contributed by atoms with Crippen molar-refractivity contribution in [1.29, 1.82) is 5.26 Å². The molecule has 0 saturated carbocycles. The lowest BCUT2D eigenvalue weighted by Crippen LogP contribution is -2.13. The maximum Gasteiger partial charge on any atom is 0.139 e. The number of halogens is 2. The van der Waals surface area contributed by atoms with Crippen LogP contribution in [0, 0.1) is 16.7 Å². The molecular formula is C12H13BrClNO. The van der Waals surface area contributed by atoms with Gasteiger partial charge in [-0.3, -0.25) is 0 Å². The molecule has 0 aromatic heterocycles. The maximum atomic E-state index is 8.85. The standard InChI is InChI=1S/C12H13BrClNO/c1-12(2,8-15)5-6-16-11-7-9(13)3-4-10(11)14/h3-4,7H,5-6H2,1-2H3. The fraction of sp³-hybridized carbons (Fsp3) is 0.417. The van der Waals surface area contributed by atoms with Gasteiger partial charge in [0.2, 0.25) is 0 Å². The van der Waals surface area contributed by atoms with E-state index in [1.54, 1.807) is 6.07 Å². The number of nitrogens with zero attached hydrogens (tertiary/aromatic N) is 1. The van der Waals surface area contributed by atoms with Gasteiger partial charge in [0.25, 0.3) is 0 Å². The maximum absolute atomic E-state index is 8.85. The molecule has 86 valence electrons. The van der Waals surface area contributed by atoms with Crippen LogP contribution >= 0.6 is 27.5 Å². The number of hydrogen-bond acceptors (Lipinski definition) is 2. The van der Waals surface area contributed by atoms with Crippen LogP contribution in [-0.2, 0) is 0 Å². The van der Waals surface area contributed by atoms with E-state index in [0.717, 1.165) is 4.47 Å². The first kappa shape index (κ1) is 13.3. The van der Waals surface area contributed by atoms with Crippen molar-refractivity contribution in [1.82, 2.24) is 0 Å². The van der Waals surface area contributed by atoms with Crippen molar-refractivity contribution in [2.75, 3.05) is 6.61 Å². The van der Waals surface area contributed by atoms with Crippen LogP contribution in [0.4, 0.5) is 0 Å². The molecule has 16 heavy (non-hydrogen) atoms. The van der Waals surface area contributed by atoms with Crippen molar-refractivity contribution < 1.29 is 4.74 Å². The van der Waals surface area contributed by atoms with Crippen molar-refractivity contribution in [3.05, 3.63) is 27.7 Å². The van der Waals surface area contributed by atoms with Gasteiger partial charge in [-0.25, -0.2) is 0 Å². The van der Waals surface area contributed by atoms with Crippen LogP contribution < -0.4 is 4.74 Å². The first-order valence-corrected chi connectivity index (χ1v) is 6.11. The summed E-state index contributed by atoms with van der Waals surface area (Å²) in [5, 5.41) is 9.43. The first-order chi connectivity index (χ1) is 7.44. The van der Waals surface area contributed by atoms with E-state index in [1.807, 2.05) is 26.0 Å². The molecule has 0 unspecified atom stereocenters. The molecule has 2 nitrogen and oxygen atoms in total. The fourth-order valence-corrected chi connectivity index (χ4v) is 1.57. The van der Waals surface area contributed by atoms with Crippen molar-refractivity contribution in [2.45, 2.75) is 20.3 Å². The predicted octanol–water partition coefficient (Wildman–Crippen LogP) is 4.42. The molecule has 0 aliphatic heterocycles. The van der Waals surface area contributed by atoms with Crippen LogP contribution in [0.1, 0.15) is 20.3 Å². The summed E-state index contributed by atoms with van der Waals surface area (Å²) in [5.41, 5.74) is -0.363. The largest absolute Gasteiger partial charge is 0.492 e. The minimum Gasteiger partial charge on any atom is -0.492 e. The van der Waals surface area contributed by atoms with Gasteiger partial charge in [-0.15, -0.1) is 0 Å². The third-order valence-corrected chi connectivity index (χ3v) is 2.99. The zero-order valence-electron chi connectivity index (χ0n) is 9.26. The minimum absolute atomic E-state index is 0.363. The predicted molar refractivity (Wildman–Crippen MR) is 68.7 cm³/mol. The van der Waals surface area contributed by atoms with Gasteiger partial charge in [0.05, 0.1) is 23.1 Å². The number of rotatable bonds is 4. The van der Waals surface area contributed by atoms with Gasteiger partial charge >= 0.3 is 0 Å². The van der Waals surface area contributed by atoms with Gasteiger partial charge in [0.15, 0.2) is 0 Å². The summed E-state index contributed by atoms with van der Waals surface area (Å²) in [7, 11) is 0. The van der Waals surface area contributed by atoms with Crippen molar-refractivity contribution in [2.24, 2.45) is 5.41 Å². The van der Waals surface area contributed by atoms with Crippen molar-refractivity contribution in [3.63, 3.8) is 0 Å². The highest BCUT2D eigenvalue weighted by Gasteiger charge is 2.16. The molecule has 1 rings (SSSR count). The molecule has 0 bridgehead atoms. The summed E-state index contributed by atoms with van der Waals surface area (Å²) >= 11 is 9.32. The second-order valence-corrected chi connectivity index (χ2v) is 5.49. The van der Waals surface area contributed by atoms with E-state index < -0.39 is 0 Å². The fourth-order valence-electron chi connectivity index (χ4n) is 1.06. The first-order valence-electron chi connectivity index (χ1n) is 4.94. The molecular weight excluding hydrogens is 289 g/mol. The normalized spacial score (nSPS) is 10.9. The van der Waals surface area contributed by atoms with Crippen molar-refractivity contribution in [3.8, 4) is 11.8 Å². The smallest absolute Gasteiger partial charge is 0.139 e. The lowest BCUT2D eigenvalue weighted by Gasteiger charge is -2.15. The molecule has 0 aliphatic carbocycles. The van der Waals surface area contributed by atoms with Crippen LogP contribution in [0.5, 0.6) is 5.75 Å². The van der Waals surface area contributed by atoms with Gasteiger partial charge in [-0.1, -0.05) is 27.5 Å². The van der Waals surface area contributed by atoms with E-state index in [2.05, 4.69) is 22.0 Å². The SMILES string of the molecule is CC(C)(C#N)CCOc1cc(Br)ccc1Cl. The Hall–Kier alpha value is -0.720. The van der Waals surface area contributed by atoms with Gasteiger partial charge in [0, 0.05) is 4.47 Å². The average Bonchev–Trinajstić information content (AvgIpc) is 2.23. The Balaban J connectivity index is 2.56. The second kappa shape index (κ2) is 5.56. The van der Waals surface area contributed by atoms with Gasteiger partial charge in [-0.2, -0.15) is 5.26 Å². The van der Waals surface area contributed by atoms with Crippen molar-refractivity contribution >= 4 is 27.5 Å². The van der Waals surface area contributed by atoms with Crippen LogP contribution in [-0.4, -0.2) is 6.61 Å². The van der Waals surface area contributed by atoms with Gasteiger partial charge in [0.1, 0.15) is 5.75 Å². The lowest BCUT2D eigenvalue weighted by molar-refractivity contribution is 0.264. The summed E-state index contributed by atoms with van der Waals surface area (Å²) < 4.78 is 6.46. The quantitative estimate of drug-likeness (QED) is 0.824. The molecule has 0 spiro atoms. The third kappa shape index (κ3) is 4.03. The number of ether oxygens (including phenoxy) is 1. The molecule has 1 aromatic rings. The topological polar surface area (TPSA) is 33.0 Å². The van der Waals surface area contributed by atoms with Gasteiger partial charge < -0.3 is 4.74 Å². The lowest BCUT2D eigenvalue weighted by atomic mass is 9.92. The zero-order valence-corrected chi connectivity index (χ0v) is 11.6. The summed E-state index contributed by atoms with van der Waals surface area (Å²) in [5.74, 6) is 0.643. The minimum atomic E-state index is -0.363. The molecule has 0 aliphatic rings. The number of nitriles is 1. The Labute approximate surface area is 109 Å². The Bertz CT molecular complexity index is 412. The van der Waals surface area contributed by atoms with E-state index in [1.165, 1.54) is 0 Å². The highest BCUT2D eigenvalue weighted by atomic mass is 79.9. The highest BCUT2D eigenvalue weighted by Crippen LogP contribution is 2.28. The molecule has 0 radical (unpaired) electrons. The van der Waals surface area contributed by atoms with E-state index >= 15 is 0 Å². The van der Waals surface area contributed by atoms with Crippen LogP contribution in [0.15, 0.2) is 22.7 Å². The molecule has 0 amide bonds. The van der Waals surface area contributed by atoms with Crippen LogP contribution in [0.3, 0.4) is 0 Å². The van der Waals surface area contributed by atoms with E-state index in [-0.39, 0.29) is 5.41 Å². The summed E-state index contributed by atoms with van der Waals surface area (Å²) in [6.45, 7) is 4.26. The van der Waals surface area contributed by atoms with Gasteiger partial charge in [-0.05, 0) is 38.5 Å². The summed E-state index contributed by atoms with van der Waals surface area (Å²) in [4.78, 5) is 0. The highest BCUT2D eigenvalue weighted by molar-refractivity contribution is 9.10. The molecule has 0 N–H and O–H groups in total. The average molecular weight is 303 g/mol. The molecule has 0 saturated heterocycles. The molecule has 0 atom stereocenters. The molecule has 0 fully saturated rings. The van der Waals surface area contributed by atoms with Crippen LogP contribution in [0.2, 0.25) is 5.02 Å². The Morgan fingerprint density at radius 2 is 2.19 bits per heavy atom. The Morgan fingerprint density at radius 1 is 1.50 bits per heavy atom.